The third-order valence-corrected chi connectivity index (χ3v) is 7.15. The summed E-state index contributed by atoms with van der Waals surface area (Å²) in [4.78, 5) is 34.4. The van der Waals surface area contributed by atoms with Crippen LogP contribution in [0.3, 0.4) is 0 Å². The van der Waals surface area contributed by atoms with Gasteiger partial charge in [0.25, 0.3) is 5.91 Å². The topological polar surface area (TPSA) is 62.7 Å². The second kappa shape index (κ2) is 8.41. The molecule has 1 saturated carbocycles. The van der Waals surface area contributed by atoms with Crippen LogP contribution in [0.5, 0.6) is 5.75 Å². The number of benzene rings is 1. The molecular weight excluding hydrogens is 402 g/mol. The normalized spacial score (nSPS) is 23.2. The average molecular weight is 432 g/mol. The first-order valence-electron chi connectivity index (χ1n) is 11.6. The maximum absolute atomic E-state index is 13.4. The van der Waals surface area contributed by atoms with Gasteiger partial charge >= 0.3 is 6.03 Å². The number of imide groups is 1. The van der Waals surface area contributed by atoms with Crippen LogP contribution in [0.2, 0.25) is 0 Å². The van der Waals surface area contributed by atoms with E-state index in [0.717, 1.165) is 53.8 Å². The first-order chi connectivity index (χ1) is 15.6. The van der Waals surface area contributed by atoms with Crippen molar-refractivity contribution in [3.05, 3.63) is 65.5 Å². The Morgan fingerprint density at radius 1 is 1.16 bits per heavy atom. The van der Waals surface area contributed by atoms with Gasteiger partial charge in [-0.3, -0.25) is 14.7 Å². The Labute approximate surface area is 188 Å². The van der Waals surface area contributed by atoms with Crippen LogP contribution in [0, 0.1) is 0 Å². The van der Waals surface area contributed by atoms with Gasteiger partial charge < -0.3 is 9.64 Å². The number of carbonyl (C=O) groups is 2. The predicted molar refractivity (Wildman–Crippen MR) is 122 cm³/mol. The Kier molecular flexibility index (Phi) is 5.45. The Balaban J connectivity index is 1.44. The second-order valence-electron chi connectivity index (χ2n) is 8.94. The number of rotatable bonds is 5. The lowest BCUT2D eigenvalue weighted by molar-refractivity contribution is -0.130. The van der Waals surface area contributed by atoms with E-state index in [1.165, 1.54) is 6.42 Å². The SMILES string of the molecule is C=Cc1c(OCc2ccccn2)ccc2c1C[C@H]1C(=O)N(C3CCCCC3)C(=O)N1[C@@H]2C. The minimum absolute atomic E-state index is 0.0424. The predicted octanol–water partition coefficient (Wildman–Crippen LogP) is 4.89. The zero-order valence-electron chi connectivity index (χ0n) is 18.5. The van der Waals surface area contributed by atoms with Gasteiger partial charge in [0.2, 0.25) is 0 Å². The summed E-state index contributed by atoms with van der Waals surface area (Å²) in [5.74, 6) is 0.681. The average Bonchev–Trinajstić information content (AvgIpc) is 3.08. The van der Waals surface area contributed by atoms with Gasteiger partial charge in [0, 0.05) is 24.2 Å². The van der Waals surface area contributed by atoms with E-state index in [4.69, 9.17) is 4.74 Å². The highest BCUT2D eigenvalue weighted by atomic mass is 16.5. The van der Waals surface area contributed by atoms with Crippen molar-refractivity contribution in [3.63, 3.8) is 0 Å². The molecule has 2 atom stereocenters. The number of fused-ring (bicyclic) bond motifs is 2. The van der Waals surface area contributed by atoms with E-state index < -0.39 is 6.04 Å². The monoisotopic (exact) mass is 431 g/mol. The molecule has 1 saturated heterocycles. The van der Waals surface area contributed by atoms with Gasteiger partial charge in [-0.25, -0.2) is 4.79 Å². The maximum atomic E-state index is 13.4. The highest BCUT2D eigenvalue weighted by Gasteiger charge is 2.52. The van der Waals surface area contributed by atoms with Crippen LogP contribution in [0.4, 0.5) is 4.79 Å². The van der Waals surface area contributed by atoms with Crippen molar-refractivity contribution in [1.29, 1.82) is 0 Å². The van der Waals surface area contributed by atoms with Gasteiger partial charge in [0.1, 0.15) is 18.4 Å². The van der Waals surface area contributed by atoms with Gasteiger partial charge in [-0.1, -0.05) is 44.1 Å². The Morgan fingerprint density at radius 3 is 2.69 bits per heavy atom. The van der Waals surface area contributed by atoms with E-state index in [0.29, 0.717) is 13.0 Å². The Morgan fingerprint density at radius 2 is 1.97 bits per heavy atom. The number of nitrogens with zero attached hydrogens (tertiary/aromatic N) is 3. The van der Waals surface area contributed by atoms with E-state index in [9.17, 15) is 9.59 Å². The molecule has 2 fully saturated rings. The lowest BCUT2D eigenvalue weighted by atomic mass is 9.85. The van der Waals surface area contributed by atoms with Gasteiger partial charge in [-0.15, -0.1) is 0 Å². The number of hydrogen-bond acceptors (Lipinski definition) is 4. The fourth-order valence-electron chi connectivity index (χ4n) is 5.54. The van der Waals surface area contributed by atoms with Gasteiger partial charge in [0.15, 0.2) is 0 Å². The molecular formula is C26H29N3O3. The summed E-state index contributed by atoms with van der Waals surface area (Å²) in [7, 11) is 0. The molecule has 0 N–H and O–H groups in total. The molecule has 2 aromatic rings. The van der Waals surface area contributed by atoms with Crippen molar-refractivity contribution in [2.24, 2.45) is 0 Å². The van der Waals surface area contributed by atoms with Crippen LogP contribution in [0.15, 0.2) is 43.1 Å². The van der Waals surface area contributed by atoms with E-state index in [-0.39, 0.29) is 24.0 Å². The lowest BCUT2D eigenvalue weighted by Gasteiger charge is -2.36. The standard InChI is InChI=1S/C26H29N3O3/c1-3-20-22-15-23-25(30)29(19-10-5-4-6-11-19)26(31)28(23)17(2)21(22)12-13-24(20)32-16-18-9-7-8-14-27-18/h3,7-9,12-14,17,19,23H,1,4-6,10-11,15-16H2,2H3/t17-,23+/m1/s1. The van der Waals surface area contributed by atoms with Crippen molar-refractivity contribution in [1.82, 2.24) is 14.8 Å². The highest BCUT2D eigenvalue weighted by molar-refractivity contribution is 6.05. The van der Waals surface area contributed by atoms with Gasteiger partial charge in [-0.2, -0.15) is 0 Å². The van der Waals surface area contributed by atoms with Crippen molar-refractivity contribution in [2.45, 2.75) is 70.2 Å². The number of hydrogen-bond donors (Lipinski definition) is 0. The fraction of sp³-hybridized carbons (Fsp3) is 0.423. The number of aromatic nitrogens is 1. The summed E-state index contributed by atoms with van der Waals surface area (Å²) in [5, 5.41) is 0. The third-order valence-electron chi connectivity index (χ3n) is 7.15. The molecule has 1 aromatic heterocycles. The van der Waals surface area contributed by atoms with E-state index in [1.54, 1.807) is 22.1 Å². The second-order valence-corrected chi connectivity index (χ2v) is 8.94. The van der Waals surface area contributed by atoms with Gasteiger partial charge in [-0.05, 0) is 49.1 Å². The maximum Gasteiger partial charge on any atom is 0.328 e. The summed E-state index contributed by atoms with van der Waals surface area (Å²) in [6.07, 6.45) is 9.23. The number of pyridine rings is 1. The van der Waals surface area contributed by atoms with E-state index in [2.05, 4.69) is 11.6 Å². The summed E-state index contributed by atoms with van der Waals surface area (Å²) >= 11 is 0. The number of ether oxygens (including phenoxy) is 1. The summed E-state index contributed by atoms with van der Waals surface area (Å²) < 4.78 is 6.08. The van der Waals surface area contributed by atoms with Crippen LogP contribution in [0.25, 0.3) is 6.08 Å². The molecule has 3 amide bonds. The van der Waals surface area contributed by atoms with Crippen molar-refractivity contribution < 1.29 is 14.3 Å². The molecule has 1 aromatic carbocycles. The number of amides is 3. The van der Waals surface area contributed by atoms with Crippen molar-refractivity contribution in [3.8, 4) is 5.75 Å². The molecule has 0 spiro atoms. The molecule has 6 nitrogen and oxygen atoms in total. The molecule has 32 heavy (non-hydrogen) atoms. The number of carbonyl (C=O) groups excluding carboxylic acids is 2. The van der Waals surface area contributed by atoms with Crippen molar-refractivity contribution >= 4 is 18.0 Å². The summed E-state index contributed by atoms with van der Waals surface area (Å²) in [5.41, 5.74) is 3.87. The van der Waals surface area contributed by atoms with Crippen molar-refractivity contribution in [2.75, 3.05) is 0 Å². The molecule has 0 unspecified atom stereocenters. The summed E-state index contributed by atoms with van der Waals surface area (Å²) in [6, 6.07) is 9.00. The first-order valence-corrected chi connectivity index (χ1v) is 11.6. The molecule has 0 radical (unpaired) electrons. The molecule has 1 aliphatic carbocycles. The quantitative estimate of drug-likeness (QED) is 0.633. The molecule has 3 heterocycles. The minimum atomic E-state index is -0.448. The largest absolute Gasteiger partial charge is 0.487 e. The van der Waals surface area contributed by atoms with Gasteiger partial charge in [0.05, 0.1) is 11.7 Å². The molecule has 5 rings (SSSR count). The van der Waals surface area contributed by atoms with E-state index in [1.807, 2.05) is 37.3 Å². The van der Waals surface area contributed by atoms with Crippen LogP contribution < -0.4 is 4.74 Å². The molecule has 0 bridgehead atoms. The fourth-order valence-corrected chi connectivity index (χ4v) is 5.54. The molecule has 3 aliphatic rings. The smallest absolute Gasteiger partial charge is 0.328 e. The van der Waals surface area contributed by atoms with Crippen LogP contribution in [0.1, 0.15) is 67.5 Å². The van der Waals surface area contributed by atoms with Crippen LogP contribution in [-0.4, -0.2) is 38.8 Å². The highest BCUT2D eigenvalue weighted by Crippen LogP contribution is 2.43. The minimum Gasteiger partial charge on any atom is -0.487 e. The molecule has 2 aliphatic heterocycles. The lowest BCUT2D eigenvalue weighted by Crippen LogP contribution is -2.43. The summed E-state index contributed by atoms with van der Waals surface area (Å²) in [6.45, 7) is 6.39. The Bertz CT molecular complexity index is 1050. The zero-order chi connectivity index (χ0) is 22.2. The van der Waals surface area contributed by atoms with Crippen LogP contribution >= 0.6 is 0 Å². The Hall–Kier alpha value is -3.15. The van der Waals surface area contributed by atoms with E-state index >= 15 is 0 Å². The molecule has 166 valence electrons. The third kappa shape index (κ3) is 3.38. The first kappa shape index (κ1) is 20.7. The van der Waals surface area contributed by atoms with Crippen LogP contribution in [-0.2, 0) is 17.8 Å². The molecule has 6 heteroatoms. The zero-order valence-corrected chi connectivity index (χ0v) is 18.5. The number of urea groups is 1.